The molecule has 9 rings (SSSR count). The molecule has 0 amide bonds. The Morgan fingerprint density at radius 1 is 0.587 bits per heavy atom. The van der Waals surface area contributed by atoms with E-state index in [1.54, 1.807) is 0 Å². The van der Waals surface area contributed by atoms with Crippen LogP contribution < -0.4 is 0 Å². The van der Waals surface area contributed by atoms with Crippen molar-refractivity contribution in [3.05, 3.63) is 156 Å². The van der Waals surface area contributed by atoms with Gasteiger partial charge in [-0.3, -0.25) is 0 Å². The molecule has 2 aromatic heterocycles. The van der Waals surface area contributed by atoms with E-state index in [0.717, 1.165) is 16.6 Å². The van der Waals surface area contributed by atoms with Gasteiger partial charge in [-0.05, 0) is 83.6 Å². The van der Waals surface area contributed by atoms with Gasteiger partial charge in [0.15, 0.2) is 0 Å². The van der Waals surface area contributed by atoms with Gasteiger partial charge in [0.25, 0.3) is 0 Å². The summed E-state index contributed by atoms with van der Waals surface area (Å²) in [5.41, 5.74) is 12.1. The van der Waals surface area contributed by atoms with Crippen molar-refractivity contribution in [2.24, 2.45) is 5.92 Å². The Kier molecular flexibility index (Phi) is 6.36. The molecule has 0 aliphatic heterocycles. The van der Waals surface area contributed by atoms with Crippen molar-refractivity contribution in [1.29, 1.82) is 0 Å². The maximum atomic E-state index is 3.93. The van der Waals surface area contributed by atoms with E-state index in [9.17, 15) is 0 Å². The summed E-state index contributed by atoms with van der Waals surface area (Å²) in [4.78, 5) is 0. The molecule has 2 heterocycles. The van der Waals surface area contributed by atoms with Gasteiger partial charge in [-0.2, -0.15) is 0 Å². The van der Waals surface area contributed by atoms with Crippen molar-refractivity contribution >= 4 is 65.2 Å². The van der Waals surface area contributed by atoms with E-state index in [0.29, 0.717) is 5.92 Å². The number of benzene rings is 6. The molecule has 6 aromatic carbocycles. The third-order valence-electron chi connectivity index (χ3n) is 9.44. The highest BCUT2D eigenvalue weighted by Gasteiger charge is 2.20. The van der Waals surface area contributed by atoms with Crippen molar-refractivity contribution in [3.63, 3.8) is 0 Å². The maximum Gasteiger partial charge on any atom is 0.0619 e. The zero-order valence-electron chi connectivity index (χ0n) is 25.5. The van der Waals surface area contributed by atoms with Crippen LogP contribution in [0.1, 0.15) is 13.3 Å². The standard InChI is InChI=1S/C43H31BrN2/c1-28-12-9-15-33(24-28)45-40-22-8-6-17-38(40)42-34(18-11-23-41(42)45)29-25-30(27-31(44)26-29)35-19-10-20-37-36-16-5-7-21-39(36)46(43(35)37)32-13-3-2-4-14-32/h2-11,13-28H,12H2,1H3. The molecular formula is C43H31BrN2. The Morgan fingerprint density at radius 2 is 1.22 bits per heavy atom. The Labute approximate surface area is 276 Å². The smallest absolute Gasteiger partial charge is 0.0619 e. The highest BCUT2D eigenvalue weighted by atomic mass is 79.9. The second-order valence-electron chi connectivity index (χ2n) is 12.4. The number of nitrogens with zero attached hydrogens (tertiary/aromatic N) is 2. The van der Waals surface area contributed by atoms with Crippen molar-refractivity contribution in [3.8, 4) is 27.9 Å². The lowest BCUT2D eigenvalue weighted by Gasteiger charge is -2.16. The van der Waals surface area contributed by atoms with Crippen LogP contribution in [-0.4, -0.2) is 9.13 Å². The summed E-state index contributed by atoms with van der Waals surface area (Å²) in [7, 11) is 0. The predicted octanol–water partition coefficient (Wildman–Crippen LogP) is 12.4. The molecule has 0 N–H and O–H groups in total. The highest BCUT2D eigenvalue weighted by Crippen LogP contribution is 2.43. The molecule has 0 radical (unpaired) electrons. The van der Waals surface area contributed by atoms with Crippen molar-refractivity contribution < 1.29 is 0 Å². The molecule has 0 bridgehead atoms. The first-order valence-electron chi connectivity index (χ1n) is 16.0. The fraction of sp³-hybridized carbons (Fsp3) is 0.0698. The summed E-state index contributed by atoms with van der Waals surface area (Å²) in [5, 5.41) is 5.07. The average Bonchev–Trinajstić information content (AvgIpc) is 3.62. The minimum Gasteiger partial charge on any atom is -0.310 e. The summed E-state index contributed by atoms with van der Waals surface area (Å²) >= 11 is 3.93. The molecule has 3 heteroatoms. The number of aromatic nitrogens is 2. The first kappa shape index (κ1) is 27.2. The molecule has 220 valence electrons. The molecule has 1 atom stereocenters. The van der Waals surface area contributed by atoms with Gasteiger partial charge in [-0.15, -0.1) is 0 Å². The third kappa shape index (κ3) is 4.23. The minimum absolute atomic E-state index is 0.515. The Bertz CT molecular complexity index is 2530. The van der Waals surface area contributed by atoms with Crippen LogP contribution in [-0.2, 0) is 0 Å². The third-order valence-corrected chi connectivity index (χ3v) is 9.89. The minimum atomic E-state index is 0.515. The first-order valence-corrected chi connectivity index (χ1v) is 16.7. The van der Waals surface area contributed by atoms with E-state index in [1.807, 2.05) is 0 Å². The predicted molar refractivity (Wildman–Crippen MR) is 200 cm³/mol. The fourth-order valence-corrected chi connectivity index (χ4v) is 8.00. The van der Waals surface area contributed by atoms with E-state index in [2.05, 4.69) is 184 Å². The average molecular weight is 656 g/mol. The molecule has 8 aromatic rings. The Hall–Kier alpha value is -5.12. The monoisotopic (exact) mass is 654 g/mol. The number of hydrogen-bond acceptors (Lipinski definition) is 0. The number of rotatable bonds is 4. The number of halogens is 1. The van der Waals surface area contributed by atoms with E-state index < -0.39 is 0 Å². The number of hydrogen-bond donors (Lipinski definition) is 0. The largest absolute Gasteiger partial charge is 0.310 e. The second kappa shape index (κ2) is 10.8. The number of para-hydroxylation sites is 4. The lowest BCUT2D eigenvalue weighted by molar-refractivity contribution is 0.735. The summed E-state index contributed by atoms with van der Waals surface area (Å²) in [6.45, 7) is 2.30. The van der Waals surface area contributed by atoms with Gasteiger partial charge in [0.1, 0.15) is 0 Å². The van der Waals surface area contributed by atoms with Crippen LogP contribution in [0, 0.1) is 5.92 Å². The molecule has 1 aliphatic carbocycles. The second-order valence-corrected chi connectivity index (χ2v) is 13.3. The van der Waals surface area contributed by atoms with Crippen LogP contribution in [0.25, 0.3) is 77.2 Å². The molecular weight excluding hydrogens is 624 g/mol. The van der Waals surface area contributed by atoms with Crippen LogP contribution in [0.2, 0.25) is 0 Å². The van der Waals surface area contributed by atoms with E-state index >= 15 is 0 Å². The first-order chi connectivity index (χ1) is 22.7. The van der Waals surface area contributed by atoms with Crippen LogP contribution in [0.15, 0.2) is 156 Å². The summed E-state index contributed by atoms with van der Waals surface area (Å²) in [5.74, 6) is 0.515. The Balaban J connectivity index is 1.31. The van der Waals surface area contributed by atoms with Crippen molar-refractivity contribution in [1.82, 2.24) is 9.13 Å². The van der Waals surface area contributed by atoms with Crippen LogP contribution in [0.5, 0.6) is 0 Å². The van der Waals surface area contributed by atoms with Gasteiger partial charge in [0.2, 0.25) is 0 Å². The van der Waals surface area contributed by atoms with E-state index in [1.165, 1.54) is 71.6 Å². The zero-order chi connectivity index (χ0) is 30.8. The van der Waals surface area contributed by atoms with Crippen LogP contribution in [0.3, 0.4) is 0 Å². The van der Waals surface area contributed by atoms with E-state index in [4.69, 9.17) is 0 Å². The molecule has 0 fully saturated rings. The Morgan fingerprint density at radius 3 is 2.02 bits per heavy atom. The maximum absolute atomic E-state index is 3.93. The van der Waals surface area contributed by atoms with Gasteiger partial charge in [0.05, 0.1) is 22.1 Å². The lowest BCUT2D eigenvalue weighted by Crippen LogP contribution is -2.01. The normalized spacial score (nSPS) is 14.9. The number of fused-ring (bicyclic) bond motifs is 6. The molecule has 0 saturated carbocycles. The van der Waals surface area contributed by atoms with Crippen LogP contribution in [0.4, 0.5) is 0 Å². The molecule has 2 nitrogen and oxygen atoms in total. The van der Waals surface area contributed by atoms with Gasteiger partial charge in [-0.25, -0.2) is 0 Å². The van der Waals surface area contributed by atoms with Gasteiger partial charge in [0, 0.05) is 43.0 Å². The van der Waals surface area contributed by atoms with Gasteiger partial charge in [-0.1, -0.05) is 120 Å². The van der Waals surface area contributed by atoms with Gasteiger partial charge >= 0.3 is 0 Å². The SMILES string of the molecule is CC1C=C(n2c3ccccc3c3c(-c4cc(Br)cc(-c5cccc6c7ccccc7n(-c7ccccc7)c56)c4)cccc32)C=CC1. The number of allylic oxidation sites excluding steroid dienone is 4. The molecule has 1 aliphatic rings. The molecule has 0 saturated heterocycles. The zero-order valence-corrected chi connectivity index (χ0v) is 27.1. The molecule has 46 heavy (non-hydrogen) atoms. The highest BCUT2D eigenvalue weighted by molar-refractivity contribution is 9.10. The quantitative estimate of drug-likeness (QED) is 0.179. The summed E-state index contributed by atoms with van der Waals surface area (Å²) in [6, 6.07) is 48.6. The van der Waals surface area contributed by atoms with Crippen molar-refractivity contribution in [2.45, 2.75) is 13.3 Å². The van der Waals surface area contributed by atoms with Gasteiger partial charge < -0.3 is 9.13 Å². The summed E-state index contributed by atoms with van der Waals surface area (Å²) in [6.07, 6.45) is 8.08. The topological polar surface area (TPSA) is 9.86 Å². The van der Waals surface area contributed by atoms with E-state index in [-0.39, 0.29) is 0 Å². The summed E-state index contributed by atoms with van der Waals surface area (Å²) < 4.78 is 5.92. The van der Waals surface area contributed by atoms with Crippen molar-refractivity contribution in [2.75, 3.05) is 0 Å². The lowest BCUT2D eigenvalue weighted by atomic mass is 9.95. The van der Waals surface area contributed by atoms with Crippen LogP contribution >= 0.6 is 15.9 Å². The molecule has 1 unspecified atom stereocenters. The molecule has 0 spiro atoms. The fourth-order valence-electron chi connectivity index (χ4n) is 7.50.